The number of thiocarbonyl (C=S) groups is 1. The molecule has 0 saturated carbocycles. The molecule has 3 N–H and O–H groups in total. The Hall–Kier alpha value is -0.820. The number of aliphatic hydroxyl groups is 1. The Bertz CT molecular complexity index is 510. The van der Waals surface area contributed by atoms with E-state index in [0.29, 0.717) is 11.5 Å². The highest BCUT2D eigenvalue weighted by Crippen LogP contribution is 2.32. The van der Waals surface area contributed by atoms with E-state index in [1.165, 1.54) is 0 Å². The van der Waals surface area contributed by atoms with Crippen LogP contribution in [-0.2, 0) is 4.74 Å². The lowest BCUT2D eigenvalue weighted by Crippen LogP contribution is -2.48. The average Bonchev–Trinajstić information content (AvgIpc) is 2.46. The van der Waals surface area contributed by atoms with Crippen molar-refractivity contribution in [1.29, 1.82) is 0 Å². The third-order valence-electron chi connectivity index (χ3n) is 3.42. The summed E-state index contributed by atoms with van der Waals surface area (Å²) >= 11 is 7.01. The van der Waals surface area contributed by atoms with Gasteiger partial charge in [-0.3, -0.25) is 0 Å². The molecule has 1 fully saturated rings. The van der Waals surface area contributed by atoms with E-state index in [9.17, 15) is 5.11 Å². The third-order valence-corrected chi connectivity index (χ3v) is 4.57. The lowest BCUT2D eigenvalue weighted by atomic mass is 10.1. The molecular weight excluding hydrogens is 304 g/mol. The molecule has 0 bridgehead atoms. The summed E-state index contributed by atoms with van der Waals surface area (Å²) in [5.41, 5.74) is 7.94. The van der Waals surface area contributed by atoms with E-state index in [-0.39, 0.29) is 18.8 Å². The fourth-order valence-corrected chi connectivity index (χ4v) is 3.77. The first kappa shape index (κ1) is 16.5. The first-order chi connectivity index (χ1) is 10.1. The Balaban J connectivity index is 2.38. The standard InChI is InChI=1S/C15H22N2O2S2/c1-3-21-13-6-4-5-12(14(13)15(16)20)17-7-10(2)19-11(8-17)9-18/h4-6,10-11,18H,3,7-9H2,1-2H3,(H2,16,20). The van der Waals surface area contributed by atoms with Gasteiger partial charge in [0.05, 0.1) is 18.8 Å². The molecule has 0 amide bonds. The summed E-state index contributed by atoms with van der Waals surface area (Å²) < 4.78 is 5.70. The summed E-state index contributed by atoms with van der Waals surface area (Å²) in [6.07, 6.45) is -0.104. The first-order valence-corrected chi connectivity index (χ1v) is 8.53. The minimum Gasteiger partial charge on any atom is -0.394 e. The number of nitrogens with zero attached hydrogens (tertiary/aromatic N) is 1. The summed E-state index contributed by atoms with van der Waals surface area (Å²) in [7, 11) is 0. The maximum atomic E-state index is 9.38. The van der Waals surface area contributed by atoms with Gasteiger partial charge in [-0.05, 0) is 24.8 Å². The zero-order valence-corrected chi connectivity index (χ0v) is 14.0. The number of ether oxygens (including phenoxy) is 1. The largest absolute Gasteiger partial charge is 0.394 e. The van der Waals surface area contributed by atoms with Crippen molar-refractivity contribution < 1.29 is 9.84 Å². The molecule has 0 radical (unpaired) electrons. The number of rotatable bonds is 5. The van der Waals surface area contributed by atoms with Gasteiger partial charge >= 0.3 is 0 Å². The van der Waals surface area contributed by atoms with Gasteiger partial charge in [0.15, 0.2) is 0 Å². The van der Waals surface area contributed by atoms with Crippen LogP contribution in [0.4, 0.5) is 5.69 Å². The monoisotopic (exact) mass is 326 g/mol. The van der Waals surface area contributed by atoms with Crippen molar-refractivity contribution in [3.8, 4) is 0 Å². The predicted octanol–water partition coefficient (Wildman–Crippen LogP) is 2.02. The highest BCUT2D eigenvalue weighted by atomic mass is 32.2. The van der Waals surface area contributed by atoms with Crippen LogP contribution in [-0.4, -0.2) is 47.8 Å². The highest BCUT2D eigenvalue weighted by Gasteiger charge is 2.27. The second kappa shape index (κ2) is 7.45. The van der Waals surface area contributed by atoms with Crippen LogP contribution in [0.2, 0.25) is 0 Å². The molecule has 1 aliphatic heterocycles. The lowest BCUT2D eigenvalue weighted by molar-refractivity contribution is -0.0421. The minimum absolute atomic E-state index is 0.0205. The summed E-state index contributed by atoms with van der Waals surface area (Å²) in [6.45, 7) is 5.56. The van der Waals surface area contributed by atoms with E-state index in [4.69, 9.17) is 22.7 Å². The third kappa shape index (κ3) is 3.88. The second-order valence-electron chi connectivity index (χ2n) is 5.10. The Labute approximate surface area is 135 Å². The van der Waals surface area contributed by atoms with Crippen LogP contribution in [0.1, 0.15) is 19.4 Å². The molecule has 1 saturated heterocycles. The van der Waals surface area contributed by atoms with Crippen molar-refractivity contribution >= 4 is 34.7 Å². The maximum absolute atomic E-state index is 9.38. The molecule has 116 valence electrons. The lowest BCUT2D eigenvalue weighted by Gasteiger charge is -2.38. The van der Waals surface area contributed by atoms with Gasteiger partial charge in [-0.1, -0.05) is 25.2 Å². The Morgan fingerprint density at radius 1 is 1.52 bits per heavy atom. The summed E-state index contributed by atoms with van der Waals surface area (Å²) in [4.78, 5) is 3.74. The van der Waals surface area contributed by atoms with Crippen molar-refractivity contribution in [2.24, 2.45) is 5.73 Å². The molecule has 4 nitrogen and oxygen atoms in total. The van der Waals surface area contributed by atoms with Crippen molar-refractivity contribution in [1.82, 2.24) is 0 Å². The molecule has 2 unspecified atom stereocenters. The van der Waals surface area contributed by atoms with Gasteiger partial charge in [0.25, 0.3) is 0 Å². The van der Waals surface area contributed by atoms with Gasteiger partial charge in [0.1, 0.15) is 4.99 Å². The number of nitrogens with two attached hydrogens (primary N) is 1. The molecule has 2 rings (SSSR count). The first-order valence-electron chi connectivity index (χ1n) is 7.13. The van der Waals surface area contributed by atoms with Gasteiger partial charge < -0.3 is 20.5 Å². The highest BCUT2D eigenvalue weighted by molar-refractivity contribution is 7.99. The van der Waals surface area contributed by atoms with Gasteiger partial charge in [0, 0.05) is 29.2 Å². The van der Waals surface area contributed by atoms with Gasteiger partial charge in [-0.15, -0.1) is 11.8 Å². The normalized spacial score (nSPS) is 22.3. The molecule has 1 heterocycles. The topological polar surface area (TPSA) is 58.7 Å². The fourth-order valence-electron chi connectivity index (χ4n) is 2.65. The van der Waals surface area contributed by atoms with Crippen LogP contribution in [0, 0.1) is 0 Å². The van der Waals surface area contributed by atoms with E-state index in [2.05, 4.69) is 17.9 Å². The molecule has 21 heavy (non-hydrogen) atoms. The van der Waals surface area contributed by atoms with Crippen molar-refractivity contribution in [2.75, 3.05) is 30.3 Å². The van der Waals surface area contributed by atoms with E-state index in [0.717, 1.165) is 28.4 Å². The number of aliphatic hydroxyl groups excluding tert-OH is 1. The van der Waals surface area contributed by atoms with Crippen molar-refractivity contribution in [2.45, 2.75) is 31.0 Å². The smallest absolute Gasteiger partial charge is 0.107 e. The van der Waals surface area contributed by atoms with E-state index < -0.39 is 0 Å². The minimum atomic E-state index is -0.171. The number of anilines is 1. The molecule has 2 atom stereocenters. The fraction of sp³-hybridized carbons (Fsp3) is 0.533. The zero-order chi connectivity index (χ0) is 15.4. The van der Waals surface area contributed by atoms with Crippen LogP contribution >= 0.6 is 24.0 Å². The van der Waals surface area contributed by atoms with Crippen molar-refractivity contribution in [3.05, 3.63) is 23.8 Å². The number of hydrogen-bond donors (Lipinski definition) is 2. The molecule has 0 spiro atoms. The molecule has 1 aromatic rings. The Morgan fingerprint density at radius 2 is 2.29 bits per heavy atom. The van der Waals surface area contributed by atoms with E-state index in [1.807, 2.05) is 19.1 Å². The number of benzene rings is 1. The van der Waals surface area contributed by atoms with E-state index in [1.54, 1.807) is 11.8 Å². The van der Waals surface area contributed by atoms with E-state index >= 15 is 0 Å². The maximum Gasteiger partial charge on any atom is 0.107 e. The Morgan fingerprint density at radius 3 is 2.90 bits per heavy atom. The molecule has 6 heteroatoms. The van der Waals surface area contributed by atoms with Crippen LogP contribution in [0.5, 0.6) is 0 Å². The van der Waals surface area contributed by atoms with Gasteiger partial charge in [0.2, 0.25) is 0 Å². The quantitative estimate of drug-likeness (QED) is 0.638. The zero-order valence-electron chi connectivity index (χ0n) is 12.4. The number of thioether (sulfide) groups is 1. The van der Waals surface area contributed by atoms with Gasteiger partial charge in [-0.2, -0.15) is 0 Å². The predicted molar refractivity (Wildman–Crippen MR) is 92.4 cm³/mol. The molecular formula is C15H22N2O2S2. The SMILES string of the molecule is CCSc1cccc(N2CC(C)OC(CO)C2)c1C(N)=S. The molecule has 1 aliphatic rings. The van der Waals surface area contributed by atoms with Crippen LogP contribution < -0.4 is 10.6 Å². The van der Waals surface area contributed by atoms with Crippen LogP contribution in [0.15, 0.2) is 23.1 Å². The molecule has 0 aliphatic carbocycles. The second-order valence-corrected chi connectivity index (χ2v) is 6.85. The summed E-state index contributed by atoms with van der Waals surface area (Å²) in [6, 6.07) is 6.13. The van der Waals surface area contributed by atoms with Crippen molar-refractivity contribution in [3.63, 3.8) is 0 Å². The average molecular weight is 326 g/mol. The summed E-state index contributed by atoms with van der Waals surface area (Å²) in [5.74, 6) is 0.970. The number of morpholine rings is 1. The van der Waals surface area contributed by atoms with Crippen LogP contribution in [0.3, 0.4) is 0 Å². The Kier molecular flexibility index (Phi) is 5.87. The summed E-state index contributed by atoms with van der Waals surface area (Å²) in [5, 5.41) is 9.38. The molecule has 0 aromatic heterocycles. The molecule has 1 aromatic carbocycles. The van der Waals surface area contributed by atoms with Crippen LogP contribution in [0.25, 0.3) is 0 Å². The van der Waals surface area contributed by atoms with Gasteiger partial charge in [-0.25, -0.2) is 0 Å². The number of hydrogen-bond acceptors (Lipinski definition) is 5.